The molecular formula is C9H6Br2ClN3. The van der Waals surface area contributed by atoms with Crippen LogP contribution in [-0.2, 0) is 5.88 Å². The molecule has 0 spiro atoms. The van der Waals surface area contributed by atoms with E-state index in [-0.39, 0.29) is 0 Å². The van der Waals surface area contributed by atoms with Gasteiger partial charge in [0.25, 0.3) is 0 Å². The molecule has 2 aromatic rings. The van der Waals surface area contributed by atoms with Crippen LogP contribution < -0.4 is 0 Å². The van der Waals surface area contributed by atoms with Gasteiger partial charge in [0.15, 0.2) is 5.82 Å². The van der Waals surface area contributed by atoms with E-state index in [2.05, 4.69) is 42.1 Å². The van der Waals surface area contributed by atoms with Crippen LogP contribution in [0.2, 0.25) is 0 Å². The van der Waals surface area contributed by atoms with Crippen LogP contribution in [0.15, 0.2) is 33.5 Å². The highest BCUT2D eigenvalue weighted by Gasteiger charge is 2.08. The largest absolute Gasteiger partial charge is 0.283 e. The highest BCUT2D eigenvalue weighted by molar-refractivity contribution is 9.11. The number of hydrogen-bond acceptors (Lipinski definition) is 2. The molecule has 6 heteroatoms. The Morgan fingerprint density at radius 3 is 2.80 bits per heavy atom. The van der Waals surface area contributed by atoms with E-state index >= 15 is 0 Å². The predicted octanol–water partition coefficient (Wildman–Crippen LogP) is 3.53. The van der Waals surface area contributed by atoms with Gasteiger partial charge in [-0.3, -0.25) is 4.57 Å². The lowest BCUT2D eigenvalue weighted by Gasteiger charge is -2.07. The Labute approximate surface area is 109 Å². The normalized spacial score (nSPS) is 10.6. The van der Waals surface area contributed by atoms with Crippen molar-refractivity contribution in [3.05, 3.63) is 39.3 Å². The van der Waals surface area contributed by atoms with Gasteiger partial charge in [-0.25, -0.2) is 0 Å². The molecule has 3 nitrogen and oxygen atoms in total. The lowest BCUT2D eigenvalue weighted by Crippen LogP contribution is -1.98. The van der Waals surface area contributed by atoms with Gasteiger partial charge < -0.3 is 0 Å². The molecule has 0 bridgehead atoms. The van der Waals surface area contributed by atoms with E-state index in [0.29, 0.717) is 5.88 Å². The maximum Gasteiger partial charge on any atom is 0.152 e. The van der Waals surface area contributed by atoms with Crippen molar-refractivity contribution in [2.45, 2.75) is 5.88 Å². The van der Waals surface area contributed by atoms with Crippen LogP contribution in [-0.4, -0.2) is 14.8 Å². The number of alkyl halides is 1. The quantitative estimate of drug-likeness (QED) is 0.775. The molecule has 15 heavy (non-hydrogen) atoms. The lowest BCUT2D eigenvalue weighted by atomic mass is 10.3. The van der Waals surface area contributed by atoms with E-state index in [9.17, 15) is 0 Å². The summed E-state index contributed by atoms with van der Waals surface area (Å²) in [7, 11) is 0. The molecule has 1 heterocycles. The van der Waals surface area contributed by atoms with Crippen LogP contribution in [0.25, 0.3) is 5.69 Å². The summed E-state index contributed by atoms with van der Waals surface area (Å²) in [4.78, 5) is 0. The smallest absolute Gasteiger partial charge is 0.152 e. The van der Waals surface area contributed by atoms with Crippen LogP contribution in [0.4, 0.5) is 0 Å². The fraction of sp³-hybridized carbons (Fsp3) is 0.111. The van der Waals surface area contributed by atoms with Gasteiger partial charge >= 0.3 is 0 Å². The Morgan fingerprint density at radius 1 is 1.33 bits per heavy atom. The van der Waals surface area contributed by atoms with Crippen molar-refractivity contribution in [1.29, 1.82) is 0 Å². The fourth-order valence-corrected chi connectivity index (χ4v) is 2.65. The first kappa shape index (κ1) is 11.1. The molecule has 78 valence electrons. The second-order valence-electron chi connectivity index (χ2n) is 2.85. The van der Waals surface area contributed by atoms with Crippen molar-refractivity contribution >= 4 is 43.5 Å². The van der Waals surface area contributed by atoms with Gasteiger partial charge in [0.05, 0.1) is 11.6 Å². The molecule has 0 atom stereocenters. The predicted molar refractivity (Wildman–Crippen MR) is 66.3 cm³/mol. The Hall–Kier alpha value is -0.390. The Balaban J connectivity index is 2.54. The fourth-order valence-electron chi connectivity index (χ4n) is 1.23. The van der Waals surface area contributed by atoms with Crippen molar-refractivity contribution in [2.75, 3.05) is 0 Å². The molecule has 0 unspecified atom stereocenters. The minimum atomic E-state index is 0.336. The second kappa shape index (κ2) is 4.63. The standard InChI is InChI=1S/C9H6Br2ClN3/c10-6-1-2-8(7(11)3-6)15-5-13-14-9(15)4-12/h1-3,5H,4H2. The van der Waals surface area contributed by atoms with Crippen LogP contribution in [0.1, 0.15) is 5.82 Å². The average Bonchev–Trinajstić information content (AvgIpc) is 2.65. The minimum Gasteiger partial charge on any atom is -0.283 e. The zero-order valence-corrected chi connectivity index (χ0v) is 11.4. The first-order valence-corrected chi connectivity index (χ1v) is 6.24. The van der Waals surface area contributed by atoms with Crippen molar-refractivity contribution in [1.82, 2.24) is 14.8 Å². The summed E-state index contributed by atoms with van der Waals surface area (Å²) in [5.41, 5.74) is 0.971. The van der Waals surface area contributed by atoms with Gasteiger partial charge in [0, 0.05) is 8.95 Å². The number of rotatable bonds is 2. The van der Waals surface area contributed by atoms with Crippen molar-refractivity contribution in [2.24, 2.45) is 0 Å². The molecule has 0 saturated carbocycles. The van der Waals surface area contributed by atoms with Crippen LogP contribution in [0.5, 0.6) is 0 Å². The second-order valence-corrected chi connectivity index (χ2v) is 4.88. The van der Waals surface area contributed by atoms with Gasteiger partial charge in [0.2, 0.25) is 0 Å². The summed E-state index contributed by atoms with van der Waals surface area (Å²) in [5, 5.41) is 7.75. The van der Waals surface area contributed by atoms with Gasteiger partial charge in [-0.05, 0) is 34.1 Å². The molecule has 0 N–H and O–H groups in total. The molecule has 0 aliphatic rings. The molecular weight excluding hydrogens is 345 g/mol. The van der Waals surface area contributed by atoms with E-state index in [0.717, 1.165) is 20.5 Å². The average molecular weight is 351 g/mol. The highest BCUT2D eigenvalue weighted by atomic mass is 79.9. The zero-order valence-electron chi connectivity index (χ0n) is 7.49. The number of hydrogen-bond donors (Lipinski definition) is 0. The van der Waals surface area contributed by atoms with E-state index in [1.807, 2.05) is 22.8 Å². The highest BCUT2D eigenvalue weighted by Crippen LogP contribution is 2.25. The minimum absolute atomic E-state index is 0.336. The Kier molecular flexibility index (Phi) is 3.43. The van der Waals surface area contributed by atoms with E-state index in [4.69, 9.17) is 11.6 Å². The lowest BCUT2D eigenvalue weighted by molar-refractivity contribution is 0.947. The van der Waals surface area contributed by atoms with Crippen LogP contribution >= 0.6 is 43.5 Å². The molecule has 0 amide bonds. The Bertz CT molecular complexity index is 484. The molecule has 0 saturated heterocycles. The molecule has 2 rings (SSSR count). The molecule has 0 aliphatic heterocycles. The molecule has 0 fully saturated rings. The van der Waals surface area contributed by atoms with Crippen LogP contribution in [0.3, 0.4) is 0 Å². The third-order valence-electron chi connectivity index (χ3n) is 1.91. The first-order valence-electron chi connectivity index (χ1n) is 4.12. The van der Waals surface area contributed by atoms with Crippen LogP contribution in [0, 0.1) is 0 Å². The van der Waals surface area contributed by atoms with E-state index in [1.165, 1.54) is 0 Å². The number of nitrogens with zero attached hydrogens (tertiary/aromatic N) is 3. The summed E-state index contributed by atoms with van der Waals surface area (Å²) >= 11 is 12.6. The summed E-state index contributed by atoms with van der Waals surface area (Å²) < 4.78 is 3.82. The topological polar surface area (TPSA) is 30.7 Å². The maximum atomic E-state index is 5.76. The van der Waals surface area contributed by atoms with Gasteiger partial charge in [-0.15, -0.1) is 21.8 Å². The SMILES string of the molecule is ClCc1nncn1-c1ccc(Br)cc1Br. The summed E-state index contributed by atoms with van der Waals surface area (Å²) in [6.07, 6.45) is 1.64. The third-order valence-corrected chi connectivity index (χ3v) is 3.27. The van der Waals surface area contributed by atoms with Crippen molar-refractivity contribution < 1.29 is 0 Å². The number of aromatic nitrogens is 3. The number of benzene rings is 1. The summed E-state index contributed by atoms with van der Waals surface area (Å²) in [6.45, 7) is 0. The molecule has 1 aromatic carbocycles. The first-order chi connectivity index (χ1) is 7.22. The zero-order chi connectivity index (χ0) is 10.8. The van der Waals surface area contributed by atoms with Gasteiger partial charge in [-0.1, -0.05) is 15.9 Å². The third kappa shape index (κ3) is 2.24. The van der Waals surface area contributed by atoms with Gasteiger partial charge in [-0.2, -0.15) is 0 Å². The van der Waals surface area contributed by atoms with Crippen molar-refractivity contribution in [3.8, 4) is 5.69 Å². The molecule has 1 aromatic heterocycles. The Morgan fingerprint density at radius 2 is 2.13 bits per heavy atom. The van der Waals surface area contributed by atoms with E-state index in [1.54, 1.807) is 6.33 Å². The number of halogens is 3. The molecule has 0 aliphatic carbocycles. The monoisotopic (exact) mass is 349 g/mol. The maximum absolute atomic E-state index is 5.76. The van der Waals surface area contributed by atoms with Gasteiger partial charge in [0.1, 0.15) is 6.33 Å². The van der Waals surface area contributed by atoms with Crippen molar-refractivity contribution in [3.63, 3.8) is 0 Å². The molecule has 0 radical (unpaired) electrons. The summed E-state index contributed by atoms with van der Waals surface area (Å²) in [6, 6.07) is 5.89. The van der Waals surface area contributed by atoms with E-state index < -0.39 is 0 Å². The summed E-state index contributed by atoms with van der Waals surface area (Å²) in [5.74, 6) is 1.06.